The minimum Gasteiger partial charge on any atom is -0.208 e. The van der Waals surface area contributed by atoms with Gasteiger partial charge in [0.2, 0.25) is 0 Å². The van der Waals surface area contributed by atoms with Gasteiger partial charge in [-0.25, -0.2) is 15.0 Å². The van der Waals surface area contributed by atoms with Crippen molar-refractivity contribution in [2.24, 2.45) is 0 Å². The SMILES string of the molecule is c1ccc(-c2ccc(-c3nc(-c4ccccc4)nc(-c4cccc(-c5cccc(-c6cccc7c6Sc6ccccc6C7(c6ccccc6)c6ccccc6)c5)c4)n3)cc2)cc1. The molecular weight excluding hydrogens is 771 g/mol. The molecule has 0 unspecified atom stereocenters. The smallest absolute Gasteiger partial charge is 0.164 e. The summed E-state index contributed by atoms with van der Waals surface area (Å²) in [6.07, 6.45) is 0. The maximum atomic E-state index is 5.11. The molecule has 0 N–H and O–H groups in total. The minimum atomic E-state index is -0.492. The molecule has 0 radical (unpaired) electrons. The van der Waals surface area contributed by atoms with Gasteiger partial charge in [0.15, 0.2) is 17.5 Å². The van der Waals surface area contributed by atoms with Gasteiger partial charge in [-0.05, 0) is 73.8 Å². The fourth-order valence-electron chi connectivity index (χ4n) is 8.95. The molecule has 0 amide bonds. The van der Waals surface area contributed by atoms with Crippen LogP contribution in [-0.2, 0) is 5.41 Å². The zero-order valence-electron chi connectivity index (χ0n) is 33.8. The van der Waals surface area contributed by atoms with Gasteiger partial charge in [-0.1, -0.05) is 230 Å². The molecule has 0 fully saturated rings. The van der Waals surface area contributed by atoms with Crippen LogP contribution in [0.3, 0.4) is 0 Å². The van der Waals surface area contributed by atoms with E-state index in [1.165, 1.54) is 48.7 Å². The zero-order valence-corrected chi connectivity index (χ0v) is 34.6. The zero-order chi connectivity index (χ0) is 41.3. The normalized spacial score (nSPS) is 12.6. The average molecular weight is 810 g/mol. The third-order valence-corrected chi connectivity index (χ3v) is 13.1. The first-order valence-electron chi connectivity index (χ1n) is 20.9. The lowest BCUT2D eigenvalue weighted by Gasteiger charge is -2.42. The molecule has 2 heterocycles. The van der Waals surface area contributed by atoms with Crippen molar-refractivity contribution in [3.05, 3.63) is 259 Å². The molecule has 0 saturated carbocycles. The molecule has 0 spiro atoms. The number of benzene rings is 9. The summed E-state index contributed by atoms with van der Waals surface area (Å²) in [5.41, 5.74) is 14.3. The highest BCUT2D eigenvalue weighted by Gasteiger charge is 2.44. The summed E-state index contributed by atoms with van der Waals surface area (Å²) in [5, 5.41) is 0. The Hall–Kier alpha value is -7.66. The van der Waals surface area contributed by atoms with Crippen molar-refractivity contribution in [1.29, 1.82) is 0 Å². The molecule has 0 aliphatic carbocycles. The lowest BCUT2D eigenvalue weighted by Crippen LogP contribution is -2.34. The monoisotopic (exact) mass is 809 g/mol. The molecule has 1 aliphatic rings. The van der Waals surface area contributed by atoms with E-state index in [1.807, 2.05) is 48.2 Å². The molecule has 4 heteroatoms. The minimum absolute atomic E-state index is 0.492. The highest BCUT2D eigenvalue weighted by atomic mass is 32.2. The Morgan fingerprint density at radius 2 is 0.694 bits per heavy atom. The van der Waals surface area contributed by atoms with Crippen LogP contribution in [0.15, 0.2) is 246 Å². The Bertz CT molecular complexity index is 3150. The number of fused-ring (bicyclic) bond motifs is 2. The predicted molar refractivity (Wildman–Crippen MR) is 255 cm³/mol. The van der Waals surface area contributed by atoms with Crippen LogP contribution in [0.5, 0.6) is 0 Å². The Morgan fingerprint density at radius 3 is 1.32 bits per heavy atom. The van der Waals surface area contributed by atoms with Crippen LogP contribution < -0.4 is 0 Å². The summed E-state index contributed by atoms with van der Waals surface area (Å²) < 4.78 is 0. The van der Waals surface area contributed by atoms with E-state index < -0.39 is 5.41 Å². The predicted octanol–water partition coefficient (Wildman–Crippen LogP) is 14.7. The molecule has 3 nitrogen and oxygen atoms in total. The van der Waals surface area contributed by atoms with Crippen LogP contribution in [0.25, 0.3) is 67.5 Å². The summed E-state index contributed by atoms with van der Waals surface area (Å²) >= 11 is 1.87. The Kier molecular flexibility index (Phi) is 9.68. The van der Waals surface area contributed by atoms with E-state index in [0.29, 0.717) is 17.5 Å². The number of nitrogens with zero attached hydrogens (tertiary/aromatic N) is 3. The van der Waals surface area contributed by atoms with Gasteiger partial charge in [0.1, 0.15) is 0 Å². The van der Waals surface area contributed by atoms with Crippen molar-refractivity contribution in [3.8, 4) is 67.5 Å². The van der Waals surface area contributed by atoms with Crippen molar-refractivity contribution in [2.45, 2.75) is 15.2 Å². The second kappa shape index (κ2) is 16.1. The van der Waals surface area contributed by atoms with Gasteiger partial charge in [-0.3, -0.25) is 0 Å². The van der Waals surface area contributed by atoms with E-state index in [1.54, 1.807) is 0 Å². The molecule has 10 aromatic rings. The highest BCUT2D eigenvalue weighted by Crippen LogP contribution is 2.57. The van der Waals surface area contributed by atoms with Gasteiger partial charge >= 0.3 is 0 Å². The summed E-state index contributed by atoms with van der Waals surface area (Å²) in [7, 11) is 0. The van der Waals surface area contributed by atoms with Crippen LogP contribution in [-0.4, -0.2) is 15.0 Å². The molecule has 62 heavy (non-hydrogen) atoms. The first-order chi connectivity index (χ1) is 30.7. The fourth-order valence-corrected chi connectivity index (χ4v) is 10.3. The van der Waals surface area contributed by atoms with Crippen LogP contribution in [0, 0.1) is 0 Å². The summed E-state index contributed by atoms with van der Waals surface area (Å²) in [6, 6.07) is 84.3. The summed E-state index contributed by atoms with van der Waals surface area (Å²) in [5.74, 6) is 1.90. The highest BCUT2D eigenvalue weighted by molar-refractivity contribution is 7.99. The second-order valence-corrected chi connectivity index (χ2v) is 16.6. The van der Waals surface area contributed by atoms with Gasteiger partial charge in [-0.2, -0.15) is 0 Å². The molecule has 11 rings (SSSR count). The van der Waals surface area contributed by atoms with Crippen LogP contribution >= 0.6 is 11.8 Å². The van der Waals surface area contributed by atoms with Crippen molar-refractivity contribution in [1.82, 2.24) is 15.0 Å². The summed E-state index contributed by atoms with van der Waals surface area (Å²) in [6.45, 7) is 0. The molecule has 0 saturated heterocycles. The molecule has 9 aromatic carbocycles. The van der Waals surface area contributed by atoms with Crippen molar-refractivity contribution in [3.63, 3.8) is 0 Å². The maximum Gasteiger partial charge on any atom is 0.164 e. The number of hydrogen-bond acceptors (Lipinski definition) is 4. The third kappa shape index (κ3) is 6.71. The van der Waals surface area contributed by atoms with Crippen molar-refractivity contribution < 1.29 is 0 Å². The van der Waals surface area contributed by atoms with Gasteiger partial charge in [0.05, 0.1) is 5.41 Å². The van der Waals surface area contributed by atoms with Gasteiger partial charge < -0.3 is 0 Å². The van der Waals surface area contributed by atoms with Crippen LogP contribution in [0.1, 0.15) is 22.3 Å². The number of hydrogen-bond donors (Lipinski definition) is 0. The molecule has 292 valence electrons. The molecule has 0 bridgehead atoms. The molecular formula is C58H39N3S. The number of rotatable bonds is 8. The van der Waals surface area contributed by atoms with E-state index in [0.717, 1.165) is 33.4 Å². The van der Waals surface area contributed by atoms with Gasteiger partial charge in [-0.15, -0.1) is 0 Å². The standard InChI is InChI=1S/C58H39N3S/c1-5-18-40(19-6-1)41-34-36-43(37-35-41)56-59-55(42-20-7-2-8-21-42)60-57(61-56)47-25-16-23-45(39-47)44-22-15-24-46(38-44)50-30-17-32-52-54(50)62-53-33-14-13-31-51(53)58(52,48-26-9-3-10-27-48)49-28-11-4-12-29-49/h1-39H. The lowest BCUT2D eigenvalue weighted by molar-refractivity contribution is 0.703. The van der Waals surface area contributed by atoms with Crippen molar-refractivity contribution in [2.75, 3.05) is 0 Å². The van der Waals surface area contributed by atoms with E-state index in [2.05, 4.69) is 200 Å². The maximum absolute atomic E-state index is 5.11. The van der Waals surface area contributed by atoms with Crippen LogP contribution in [0.2, 0.25) is 0 Å². The molecule has 1 aromatic heterocycles. The van der Waals surface area contributed by atoms with E-state index >= 15 is 0 Å². The second-order valence-electron chi connectivity index (χ2n) is 15.5. The average Bonchev–Trinajstić information content (AvgIpc) is 3.36. The summed E-state index contributed by atoms with van der Waals surface area (Å²) in [4.78, 5) is 17.7. The first-order valence-corrected chi connectivity index (χ1v) is 21.7. The van der Waals surface area contributed by atoms with E-state index in [9.17, 15) is 0 Å². The Morgan fingerprint density at radius 1 is 0.290 bits per heavy atom. The molecule has 0 atom stereocenters. The molecule has 1 aliphatic heterocycles. The van der Waals surface area contributed by atoms with Gasteiger partial charge in [0.25, 0.3) is 0 Å². The lowest BCUT2D eigenvalue weighted by atomic mass is 9.64. The fraction of sp³-hybridized carbons (Fsp3) is 0.0172. The third-order valence-electron chi connectivity index (χ3n) is 11.9. The Balaban J connectivity index is 1.01. The Labute approximate surface area is 366 Å². The van der Waals surface area contributed by atoms with E-state index in [4.69, 9.17) is 15.0 Å². The largest absolute Gasteiger partial charge is 0.208 e. The van der Waals surface area contributed by atoms with Crippen LogP contribution in [0.4, 0.5) is 0 Å². The van der Waals surface area contributed by atoms with Crippen molar-refractivity contribution >= 4 is 11.8 Å². The first kappa shape index (κ1) is 37.3. The van der Waals surface area contributed by atoms with Gasteiger partial charge in [0, 0.05) is 26.5 Å². The number of aromatic nitrogens is 3. The quantitative estimate of drug-likeness (QED) is 0.153. The van der Waals surface area contributed by atoms with E-state index in [-0.39, 0.29) is 0 Å². The topological polar surface area (TPSA) is 38.7 Å².